The molecule has 3 aromatic rings. The lowest BCUT2D eigenvalue weighted by Gasteiger charge is -2.12. The van der Waals surface area contributed by atoms with Crippen LogP contribution in [0.15, 0.2) is 48.5 Å². The molecule has 1 aliphatic rings. The SMILES string of the molecule is CNc1cc(C)nc(Nc2ccc(C)c(C3=Cc4ccccc4C3)c2)n1. The van der Waals surface area contributed by atoms with Crippen molar-refractivity contribution >= 4 is 29.1 Å². The zero-order valence-corrected chi connectivity index (χ0v) is 15.3. The number of benzene rings is 2. The number of hydrogen-bond acceptors (Lipinski definition) is 4. The summed E-state index contributed by atoms with van der Waals surface area (Å²) in [5.74, 6) is 1.41. The van der Waals surface area contributed by atoms with Gasteiger partial charge in [0.1, 0.15) is 5.82 Å². The van der Waals surface area contributed by atoms with Crippen LogP contribution in [0.5, 0.6) is 0 Å². The average Bonchev–Trinajstić information content (AvgIpc) is 3.06. The molecule has 0 amide bonds. The minimum atomic E-state index is 0.604. The summed E-state index contributed by atoms with van der Waals surface area (Å²) in [6, 6.07) is 16.9. The van der Waals surface area contributed by atoms with E-state index in [4.69, 9.17) is 0 Å². The third-order valence-electron chi connectivity index (χ3n) is 4.72. The van der Waals surface area contributed by atoms with Gasteiger partial charge in [-0.2, -0.15) is 4.98 Å². The Balaban J connectivity index is 1.65. The van der Waals surface area contributed by atoms with Crippen LogP contribution in [0.4, 0.5) is 17.5 Å². The van der Waals surface area contributed by atoms with Crippen LogP contribution in [0.2, 0.25) is 0 Å². The number of aromatic nitrogens is 2. The van der Waals surface area contributed by atoms with E-state index in [-0.39, 0.29) is 0 Å². The Morgan fingerprint density at radius 2 is 1.81 bits per heavy atom. The second-order valence-corrected chi connectivity index (χ2v) is 6.67. The van der Waals surface area contributed by atoms with Crippen LogP contribution in [0, 0.1) is 13.8 Å². The maximum atomic E-state index is 4.48. The molecule has 0 aliphatic heterocycles. The van der Waals surface area contributed by atoms with Gasteiger partial charge in [0.2, 0.25) is 5.95 Å². The van der Waals surface area contributed by atoms with Crippen molar-refractivity contribution in [3.8, 4) is 0 Å². The Hall–Kier alpha value is -3.14. The maximum absolute atomic E-state index is 4.48. The number of anilines is 3. The molecule has 0 radical (unpaired) electrons. The number of aryl methyl sites for hydroxylation is 2. The molecule has 0 atom stereocenters. The average molecular weight is 342 g/mol. The summed E-state index contributed by atoms with van der Waals surface area (Å²) >= 11 is 0. The van der Waals surface area contributed by atoms with Gasteiger partial charge in [-0.25, -0.2) is 4.98 Å². The van der Waals surface area contributed by atoms with Gasteiger partial charge >= 0.3 is 0 Å². The fourth-order valence-corrected chi connectivity index (χ4v) is 3.38. The summed E-state index contributed by atoms with van der Waals surface area (Å²) in [4.78, 5) is 8.96. The van der Waals surface area contributed by atoms with Gasteiger partial charge in [0.05, 0.1) is 0 Å². The lowest BCUT2D eigenvalue weighted by molar-refractivity contribution is 1.10. The van der Waals surface area contributed by atoms with Crippen molar-refractivity contribution in [1.29, 1.82) is 0 Å². The number of allylic oxidation sites excluding steroid dienone is 1. The molecule has 26 heavy (non-hydrogen) atoms. The van der Waals surface area contributed by atoms with E-state index in [9.17, 15) is 0 Å². The van der Waals surface area contributed by atoms with Crippen molar-refractivity contribution in [2.45, 2.75) is 20.3 Å². The van der Waals surface area contributed by atoms with Gasteiger partial charge < -0.3 is 10.6 Å². The number of hydrogen-bond donors (Lipinski definition) is 2. The van der Waals surface area contributed by atoms with E-state index in [1.165, 1.54) is 27.8 Å². The van der Waals surface area contributed by atoms with E-state index in [1.54, 1.807) is 0 Å². The summed E-state index contributed by atoms with van der Waals surface area (Å²) in [6.07, 6.45) is 3.27. The van der Waals surface area contributed by atoms with Crippen LogP contribution in [0.25, 0.3) is 11.6 Å². The van der Waals surface area contributed by atoms with E-state index in [1.807, 2.05) is 20.0 Å². The van der Waals surface area contributed by atoms with E-state index in [0.29, 0.717) is 5.95 Å². The van der Waals surface area contributed by atoms with Crippen molar-refractivity contribution < 1.29 is 0 Å². The van der Waals surface area contributed by atoms with Crippen molar-refractivity contribution in [3.63, 3.8) is 0 Å². The fraction of sp³-hybridized carbons (Fsp3) is 0.182. The van der Waals surface area contributed by atoms with Crippen molar-refractivity contribution in [3.05, 3.63) is 76.5 Å². The number of nitrogens with zero attached hydrogens (tertiary/aromatic N) is 2. The minimum absolute atomic E-state index is 0.604. The second-order valence-electron chi connectivity index (χ2n) is 6.67. The highest BCUT2D eigenvalue weighted by molar-refractivity contribution is 5.90. The van der Waals surface area contributed by atoms with Crippen molar-refractivity contribution in [1.82, 2.24) is 9.97 Å². The quantitative estimate of drug-likeness (QED) is 0.702. The van der Waals surface area contributed by atoms with Crippen LogP contribution >= 0.6 is 0 Å². The van der Waals surface area contributed by atoms with Gasteiger partial charge in [0, 0.05) is 24.5 Å². The minimum Gasteiger partial charge on any atom is -0.373 e. The van der Waals surface area contributed by atoms with E-state index < -0.39 is 0 Å². The van der Waals surface area contributed by atoms with Crippen molar-refractivity contribution in [2.24, 2.45) is 0 Å². The molecule has 4 nitrogen and oxygen atoms in total. The lowest BCUT2D eigenvalue weighted by Crippen LogP contribution is -2.02. The fourth-order valence-electron chi connectivity index (χ4n) is 3.38. The number of rotatable bonds is 4. The monoisotopic (exact) mass is 342 g/mol. The Bertz CT molecular complexity index is 1000. The van der Waals surface area contributed by atoms with Gasteiger partial charge in [-0.1, -0.05) is 36.4 Å². The Morgan fingerprint density at radius 3 is 2.62 bits per heavy atom. The molecular formula is C22H22N4. The first-order chi connectivity index (χ1) is 12.6. The first-order valence-corrected chi connectivity index (χ1v) is 8.82. The molecule has 0 bridgehead atoms. The topological polar surface area (TPSA) is 49.8 Å². The molecule has 2 aromatic carbocycles. The summed E-state index contributed by atoms with van der Waals surface area (Å²) in [6.45, 7) is 4.13. The zero-order chi connectivity index (χ0) is 18.1. The lowest BCUT2D eigenvalue weighted by atomic mass is 9.98. The Labute approximate surface area is 154 Å². The van der Waals surface area contributed by atoms with E-state index in [2.05, 4.69) is 76.1 Å². The predicted molar refractivity (Wildman–Crippen MR) is 109 cm³/mol. The van der Waals surface area contributed by atoms with Crippen LogP contribution in [-0.4, -0.2) is 17.0 Å². The van der Waals surface area contributed by atoms with Crippen LogP contribution in [0.3, 0.4) is 0 Å². The highest BCUT2D eigenvalue weighted by atomic mass is 15.1. The van der Waals surface area contributed by atoms with Gasteiger partial charge in [0.15, 0.2) is 0 Å². The summed E-state index contributed by atoms with van der Waals surface area (Å²) in [5.41, 5.74) is 8.53. The second kappa shape index (κ2) is 6.64. The number of nitrogens with one attached hydrogen (secondary N) is 2. The molecule has 0 fully saturated rings. The normalized spacial score (nSPS) is 12.5. The third kappa shape index (κ3) is 3.18. The predicted octanol–water partition coefficient (Wildman–Crippen LogP) is 4.98. The molecular weight excluding hydrogens is 320 g/mol. The van der Waals surface area contributed by atoms with Gasteiger partial charge in [-0.05, 0) is 60.2 Å². The first-order valence-electron chi connectivity index (χ1n) is 8.82. The standard InChI is InChI=1S/C22H22N4/c1-14-8-9-19(25-22-24-15(2)10-21(23-3)26-22)13-20(14)18-11-16-6-4-5-7-17(16)12-18/h4-11,13H,12H2,1-3H3,(H2,23,24,25,26). The maximum Gasteiger partial charge on any atom is 0.229 e. The molecule has 1 heterocycles. The molecule has 2 N–H and O–H groups in total. The smallest absolute Gasteiger partial charge is 0.229 e. The Kier molecular flexibility index (Phi) is 4.17. The van der Waals surface area contributed by atoms with Crippen LogP contribution in [0.1, 0.15) is 27.9 Å². The number of fused-ring (bicyclic) bond motifs is 1. The largest absolute Gasteiger partial charge is 0.373 e. The molecule has 0 saturated carbocycles. The van der Waals surface area contributed by atoms with Crippen LogP contribution < -0.4 is 10.6 Å². The summed E-state index contributed by atoms with van der Waals surface area (Å²) in [5, 5.41) is 6.41. The third-order valence-corrected chi connectivity index (χ3v) is 4.72. The highest BCUT2D eigenvalue weighted by Crippen LogP contribution is 2.34. The molecule has 1 aromatic heterocycles. The molecule has 4 rings (SSSR count). The highest BCUT2D eigenvalue weighted by Gasteiger charge is 2.15. The van der Waals surface area contributed by atoms with Gasteiger partial charge in [0.25, 0.3) is 0 Å². The first kappa shape index (κ1) is 16.3. The molecule has 0 unspecified atom stereocenters. The molecule has 1 aliphatic carbocycles. The van der Waals surface area contributed by atoms with Gasteiger partial charge in [-0.3, -0.25) is 0 Å². The molecule has 0 spiro atoms. The molecule has 4 heteroatoms. The molecule has 130 valence electrons. The summed E-state index contributed by atoms with van der Waals surface area (Å²) < 4.78 is 0. The van der Waals surface area contributed by atoms with Gasteiger partial charge in [-0.15, -0.1) is 0 Å². The van der Waals surface area contributed by atoms with E-state index >= 15 is 0 Å². The van der Waals surface area contributed by atoms with E-state index in [0.717, 1.165) is 23.6 Å². The zero-order valence-electron chi connectivity index (χ0n) is 15.3. The van der Waals surface area contributed by atoms with Crippen LogP contribution in [-0.2, 0) is 6.42 Å². The summed E-state index contributed by atoms with van der Waals surface area (Å²) in [7, 11) is 1.86. The Morgan fingerprint density at radius 1 is 0.962 bits per heavy atom. The molecule has 0 saturated heterocycles. The van der Waals surface area contributed by atoms with Crippen molar-refractivity contribution in [2.75, 3.05) is 17.7 Å².